The lowest BCUT2D eigenvalue weighted by atomic mass is 10.1. The van der Waals surface area contributed by atoms with Crippen molar-refractivity contribution in [2.45, 2.75) is 32.4 Å². The van der Waals surface area contributed by atoms with Gasteiger partial charge in [-0.15, -0.1) is 11.3 Å². The molecule has 0 saturated carbocycles. The van der Waals surface area contributed by atoms with Crippen molar-refractivity contribution in [1.82, 2.24) is 9.80 Å². The molecule has 1 unspecified atom stereocenters. The van der Waals surface area contributed by atoms with Crippen LogP contribution in [0.5, 0.6) is 5.75 Å². The van der Waals surface area contributed by atoms with Crippen LogP contribution in [0.25, 0.3) is 0 Å². The number of carbonyl (C=O) groups excluding carboxylic acids is 1. The Hall–Kier alpha value is -1.56. The number of benzene rings is 1. The molecule has 0 spiro atoms. The summed E-state index contributed by atoms with van der Waals surface area (Å²) in [6.07, 6.45) is 2.48. The highest BCUT2D eigenvalue weighted by atomic mass is 35.5. The number of amides is 1. The fourth-order valence-corrected chi connectivity index (χ4v) is 4.92. The van der Waals surface area contributed by atoms with E-state index in [-0.39, 0.29) is 5.91 Å². The van der Waals surface area contributed by atoms with Gasteiger partial charge in [-0.1, -0.05) is 11.6 Å². The summed E-state index contributed by atoms with van der Waals surface area (Å²) in [7, 11) is 0. The van der Waals surface area contributed by atoms with Crippen LogP contribution in [0.1, 0.15) is 33.6 Å². The molecule has 1 aromatic carbocycles. The number of hydrogen-bond donors (Lipinski definition) is 0. The summed E-state index contributed by atoms with van der Waals surface area (Å²) in [4.78, 5) is 18.2. The minimum absolute atomic E-state index is 0.162. The molecule has 2 aliphatic rings. The van der Waals surface area contributed by atoms with Crippen molar-refractivity contribution in [2.24, 2.45) is 0 Å². The van der Waals surface area contributed by atoms with E-state index in [4.69, 9.17) is 16.3 Å². The lowest BCUT2D eigenvalue weighted by molar-refractivity contribution is 0.0576. The molecule has 4 rings (SSSR count). The normalized spacial score (nSPS) is 20.2. The Labute approximate surface area is 163 Å². The number of piperazine rings is 1. The topological polar surface area (TPSA) is 32.8 Å². The molecule has 0 radical (unpaired) electrons. The maximum atomic E-state index is 12.8. The molecule has 0 N–H and O–H groups in total. The van der Waals surface area contributed by atoms with Crippen molar-refractivity contribution in [3.8, 4) is 5.75 Å². The molecule has 2 fully saturated rings. The molecular formula is C20H23ClN2O2S. The zero-order valence-corrected chi connectivity index (χ0v) is 16.5. The van der Waals surface area contributed by atoms with Crippen LogP contribution in [0.3, 0.4) is 0 Å². The molecule has 3 heterocycles. The van der Waals surface area contributed by atoms with Gasteiger partial charge < -0.3 is 9.64 Å². The molecule has 138 valence electrons. The van der Waals surface area contributed by atoms with Crippen LogP contribution in [0.2, 0.25) is 5.02 Å². The Morgan fingerprint density at radius 2 is 2.19 bits per heavy atom. The molecule has 1 amide bonds. The van der Waals surface area contributed by atoms with Gasteiger partial charge in [0.05, 0.1) is 4.88 Å². The van der Waals surface area contributed by atoms with Crippen molar-refractivity contribution in [1.29, 1.82) is 0 Å². The molecule has 4 nitrogen and oxygen atoms in total. The summed E-state index contributed by atoms with van der Waals surface area (Å²) in [5.41, 5.74) is 2.05. The van der Waals surface area contributed by atoms with Gasteiger partial charge in [-0.05, 0) is 61.5 Å². The highest BCUT2D eigenvalue weighted by Crippen LogP contribution is 2.26. The van der Waals surface area contributed by atoms with Gasteiger partial charge in [0.15, 0.2) is 0 Å². The second kappa shape index (κ2) is 7.59. The highest BCUT2D eigenvalue weighted by Gasteiger charge is 2.33. The van der Waals surface area contributed by atoms with Crippen LogP contribution in [0.4, 0.5) is 0 Å². The highest BCUT2D eigenvalue weighted by molar-refractivity contribution is 7.12. The van der Waals surface area contributed by atoms with Crippen molar-refractivity contribution < 1.29 is 9.53 Å². The van der Waals surface area contributed by atoms with Gasteiger partial charge in [-0.3, -0.25) is 9.69 Å². The number of rotatable bonds is 4. The van der Waals surface area contributed by atoms with Gasteiger partial charge in [0.1, 0.15) is 12.4 Å². The van der Waals surface area contributed by atoms with Crippen LogP contribution >= 0.6 is 22.9 Å². The Morgan fingerprint density at radius 1 is 1.31 bits per heavy atom. The SMILES string of the molecule is Cc1cc(Cl)ccc1OCc1csc(C(=O)N2CCN3CCCC3C2)c1. The second-order valence-corrected chi connectivity index (χ2v) is 8.45. The fourth-order valence-electron chi connectivity index (χ4n) is 3.83. The number of nitrogens with zero attached hydrogens (tertiary/aromatic N) is 2. The Bertz CT molecular complexity index is 807. The first-order valence-electron chi connectivity index (χ1n) is 9.10. The van der Waals surface area contributed by atoms with E-state index in [0.29, 0.717) is 17.7 Å². The van der Waals surface area contributed by atoms with E-state index in [2.05, 4.69) is 4.90 Å². The standard InChI is InChI=1S/C20H23ClN2O2S/c1-14-9-16(21)4-5-18(14)25-12-15-10-19(26-13-15)20(24)23-8-7-22-6-2-3-17(22)11-23/h4-5,9-10,13,17H,2-3,6-8,11-12H2,1H3. The van der Waals surface area contributed by atoms with Crippen LogP contribution in [-0.2, 0) is 6.61 Å². The molecule has 1 atom stereocenters. The predicted molar refractivity (Wildman–Crippen MR) is 105 cm³/mol. The van der Waals surface area contributed by atoms with Gasteiger partial charge in [-0.25, -0.2) is 0 Å². The van der Waals surface area contributed by atoms with Crippen molar-refractivity contribution >= 4 is 28.8 Å². The number of carbonyl (C=O) groups is 1. The first-order chi connectivity index (χ1) is 12.6. The zero-order valence-electron chi connectivity index (χ0n) is 14.9. The van der Waals surface area contributed by atoms with E-state index in [0.717, 1.165) is 41.4 Å². The maximum absolute atomic E-state index is 12.8. The third-order valence-corrected chi connectivity index (χ3v) is 6.47. The van der Waals surface area contributed by atoms with Gasteiger partial charge >= 0.3 is 0 Å². The zero-order chi connectivity index (χ0) is 18.1. The summed E-state index contributed by atoms with van der Waals surface area (Å²) in [5, 5.41) is 2.73. The molecule has 2 aliphatic heterocycles. The third kappa shape index (κ3) is 3.75. The fraction of sp³-hybridized carbons (Fsp3) is 0.450. The second-order valence-electron chi connectivity index (χ2n) is 7.10. The van der Waals surface area contributed by atoms with Crippen LogP contribution < -0.4 is 4.74 Å². The van der Waals surface area contributed by atoms with E-state index in [1.165, 1.54) is 30.7 Å². The van der Waals surface area contributed by atoms with Gasteiger partial charge in [-0.2, -0.15) is 0 Å². The first-order valence-corrected chi connectivity index (χ1v) is 10.4. The lowest BCUT2D eigenvalue weighted by Gasteiger charge is -2.37. The molecule has 26 heavy (non-hydrogen) atoms. The third-order valence-electron chi connectivity index (χ3n) is 5.27. The quantitative estimate of drug-likeness (QED) is 0.784. The number of halogens is 1. The largest absolute Gasteiger partial charge is 0.489 e. The molecule has 6 heteroatoms. The summed E-state index contributed by atoms with van der Waals surface area (Å²) < 4.78 is 5.89. The van der Waals surface area contributed by atoms with Crippen LogP contribution in [-0.4, -0.2) is 47.9 Å². The molecule has 0 bridgehead atoms. The van der Waals surface area contributed by atoms with E-state index >= 15 is 0 Å². The molecule has 1 aromatic heterocycles. The molecule has 2 aromatic rings. The summed E-state index contributed by atoms with van der Waals surface area (Å²) in [5.74, 6) is 0.987. The number of thiophene rings is 1. The average molecular weight is 391 g/mol. The maximum Gasteiger partial charge on any atom is 0.264 e. The molecule has 0 aliphatic carbocycles. The molecular weight excluding hydrogens is 368 g/mol. The van der Waals surface area contributed by atoms with Crippen molar-refractivity contribution in [3.63, 3.8) is 0 Å². The lowest BCUT2D eigenvalue weighted by Crippen LogP contribution is -2.51. The van der Waals surface area contributed by atoms with E-state index in [1.807, 2.05) is 41.5 Å². The van der Waals surface area contributed by atoms with Crippen LogP contribution in [0.15, 0.2) is 29.6 Å². The summed E-state index contributed by atoms with van der Waals surface area (Å²) >= 11 is 7.49. The van der Waals surface area contributed by atoms with Gasteiger partial charge in [0.2, 0.25) is 0 Å². The number of fused-ring (bicyclic) bond motifs is 1. The Morgan fingerprint density at radius 3 is 3.04 bits per heavy atom. The van der Waals surface area contributed by atoms with Crippen molar-refractivity contribution in [2.75, 3.05) is 26.2 Å². The first kappa shape index (κ1) is 17.8. The average Bonchev–Trinajstić information content (AvgIpc) is 3.29. The number of ether oxygens (including phenoxy) is 1. The van der Waals surface area contributed by atoms with E-state index in [9.17, 15) is 4.79 Å². The van der Waals surface area contributed by atoms with Crippen LogP contribution in [0, 0.1) is 6.92 Å². The van der Waals surface area contributed by atoms with Gasteiger partial charge in [0, 0.05) is 36.3 Å². The monoisotopic (exact) mass is 390 g/mol. The smallest absolute Gasteiger partial charge is 0.264 e. The Balaban J connectivity index is 1.37. The van der Waals surface area contributed by atoms with E-state index in [1.54, 1.807) is 0 Å². The van der Waals surface area contributed by atoms with E-state index < -0.39 is 0 Å². The molecule has 2 saturated heterocycles. The predicted octanol–water partition coefficient (Wildman–Crippen LogP) is 4.21. The Kier molecular flexibility index (Phi) is 5.20. The van der Waals surface area contributed by atoms with Gasteiger partial charge in [0.25, 0.3) is 5.91 Å². The summed E-state index contributed by atoms with van der Waals surface area (Å²) in [6.45, 7) is 6.34. The number of aryl methyl sites for hydroxylation is 1. The number of hydrogen-bond acceptors (Lipinski definition) is 4. The van der Waals surface area contributed by atoms with Crippen molar-refractivity contribution in [3.05, 3.63) is 50.7 Å². The summed E-state index contributed by atoms with van der Waals surface area (Å²) in [6, 6.07) is 8.14. The minimum atomic E-state index is 0.162. The minimum Gasteiger partial charge on any atom is -0.489 e.